The van der Waals surface area contributed by atoms with E-state index in [1.807, 2.05) is 43.3 Å². The molecule has 0 aliphatic carbocycles. The number of likely N-dealkylation sites (tertiary alicyclic amines) is 1. The number of amides is 3. The molecule has 2 aromatic carbocycles. The lowest BCUT2D eigenvalue weighted by molar-refractivity contribution is -0.143. The van der Waals surface area contributed by atoms with Crippen molar-refractivity contribution in [1.82, 2.24) is 14.8 Å². The maximum atomic E-state index is 14.0. The lowest BCUT2D eigenvalue weighted by atomic mass is 9.74. The minimum Gasteiger partial charge on any atom is -0.506 e. The van der Waals surface area contributed by atoms with Crippen molar-refractivity contribution in [2.24, 2.45) is 0 Å². The number of phenols is 1. The topological polar surface area (TPSA) is 94.1 Å². The van der Waals surface area contributed by atoms with Crippen LogP contribution in [0, 0.1) is 6.92 Å². The SMILES string of the molecule is Cc1ccccc1C1(CC(=O)N2CCN(c3ccccc3O)CC2)CC(=O)N(Cc2ccncc2)C1=O. The molecule has 2 aliphatic rings. The Bertz CT molecular complexity index is 1320. The number of hydrogen-bond donors (Lipinski definition) is 1. The zero-order valence-electron chi connectivity index (χ0n) is 20.8. The molecular formula is C29H30N4O4. The average Bonchev–Trinajstić information content (AvgIpc) is 3.14. The minimum absolute atomic E-state index is 0.0363. The van der Waals surface area contributed by atoms with E-state index >= 15 is 0 Å². The van der Waals surface area contributed by atoms with Crippen molar-refractivity contribution in [1.29, 1.82) is 0 Å². The van der Waals surface area contributed by atoms with Crippen molar-refractivity contribution in [3.05, 3.63) is 89.7 Å². The molecule has 1 unspecified atom stereocenters. The molecule has 8 heteroatoms. The van der Waals surface area contributed by atoms with E-state index in [0.717, 1.165) is 22.4 Å². The molecule has 0 radical (unpaired) electrons. The van der Waals surface area contributed by atoms with Crippen LogP contribution in [-0.4, -0.2) is 63.8 Å². The summed E-state index contributed by atoms with van der Waals surface area (Å²) in [6.45, 7) is 4.15. The van der Waals surface area contributed by atoms with E-state index in [1.165, 1.54) is 4.90 Å². The number of imide groups is 1. The molecule has 3 heterocycles. The summed E-state index contributed by atoms with van der Waals surface area (Å²) in [5.41, 5.74) is 1.93. The Morgan fingerprint density at radius 3 is 2.32 bits per heavy atom. The van der Waals surface area contributed by atoms with Crippen molar-refractivity contribution in [2.45, 2.75) is 31.7 Å². The fraction of sp³-hybridized carbons (Fsp3) is 0.310. The number of aromatic nitrogens is 1. The molecule has 2 fully saturated rings. The van der Waals surface area contributed by atoms with E-state index < -0.39 is 5.41 Å². The summed E-state index contributed by atoms with van der Waals surface area (Å²) < 4.78 is 0. The third-order valence-electron chi connectivity index (χ3n) is 7.47. The van der Waals surface area contributed by atoms with Crippen LogP contribution in [0.4, 0.5) is 5.69 Å². The van der Waals surface area contributed by atoms with Gasteiger partial charge >= 0.3 is 0 Å². The Labute approximate surface area is 216 Å². The van der Waals surface area contributed by atoms with Crippen LogP contribution in [0.2, 0.25) is 0 Å². The highest BCUT2D eigenvalue weighted by Crippen LogP contribution is 2.42. The fourth-order valence-corrected chi connectivity index (χ4v) is 5.48. The summed E-state index contributed by atoms with van der Waals surface area (Å²) in [4.78, 5) is 49.9. The maximum absolute atomic E-state index is 14.0. The molecule has 1 aromatic heterocycles. The van der Waals surface area contributed by atoms with Crippen molar-refractivity contribution in [2.75, 3.05) is 31.1 Å². The van der Waals surface area contributed by atoms with Crippen LogP contribution in [0.3, 0.4) is 0 Å². The first-order valence-electron chi connectivity index (χ1n) is 12.5. The molecule has 8 nitrogen and oxygen atoms in total. The third kappa shape index (κ3) is 4.67. The lowest BCUT2D eigenvalue weighted by Crippen LogP contribution is -2.51. The van der Waals surface area contributed by atoms with Crippen molar-refractivity contribution < 1.29 is 19.5 Å². The smallest absolute Gasteiger partial charge is 0.241 e. The molecule has 1 N–H and O–H groups in total. The second-order valence-electron chi connectivity index (χ2n) is 9.75. The van der Waals surface area contributed by atoms with Gasteiger partial charge in [-0.2, -0.15) is 0 Å². The number of carbonyl (C=O) groups is 3. The van der Waals surface area contributed by atoms with Crippen LogP contribution >= 0.6 is 0 Å². The Kier molecular flexibility index (Phi) is 6.65. The molecule has 3 amide bonds. The van der Waals surface area contributed by atoms with Gasteiger partial charge in [0.05, 0.1) is 17.6 Å². The van der Waals surface area contributed by atoms with E-state index in [9.17, 15) is 19.5 Å². The Hall–Kier alpha value is -4.20. The van der Waals surface area contributed by atoms with Gasteiger partial charge in [-0.05, 0) is 47.9 Å². The predicted molar refractivity (Wildman–Crippen MR) is 139 cm³/mol. The summed E-state index contributed by atoms with van der Waals surface area (Å²) in [7, 11) is 0. The standard InChI is InChI=1S/C29H30N4O4/c1-21-6-2-3-7-23(21)29(19-27(36)33(28(29)37)20-22-10-12-30-13-11-22)18-26(35)32-16-14-31(15-17-32)24-8-4-5-9-25(24)34/h2-13,34H,14-20H2,1H3. The number of benzene rings is 2. The number of hydrogen-bond acceptors (Lipinski definition) is 6. The Balaban J connectivity index is 1.38. The number of pyridine rings is 1. The number of piperazine rings is 1. The number of nitrogens with zero attached hydrogens (tertiary/aromatic N) is 4. The molecule has 0 spiro atoms. The second kappa shape index (κ2) is 10.0. The number of aryl methyl sites for hydroxylation is 1. The molecular weight excluding hydrogens is 468 g/mol. The van der Waals surface area contributed by atoms with Gasteiger partial charge in [0.2, 0.25) is 17.7 Å². The molecule has 5 rings (SSSR count). The highest BCUT2D eigenvalue weighted by Gasteiger charge is 2.54. The normalized spacial score (nSPS) is 20.0. The molecule has 1 atom stereocenters. The second-order valence-corrected chi connectivity index (χ2v) is 9.75. The molecule has 0 bridgehead atoms. The number of phenolic OH excluding ortho intramolecular Hbond substituents is 1. The molecule has 190 valence electrons. The number of rotatable bonds is 6. The van der Waals surface area contributed by atoms with E-state index in [4.69, 9.17) is 0 Å². The van der Waals surface area contributed by atoms with Crippen LogP contribution in [0.1, 0.15) is 29.5 Å². The van der Waals surface area contributed by atoms with Crippen LogP contribution in [-0.2, 0) is 26.3 Å². The van der Waals surface area contributed by atoms with Gasteiger partial charge in [0.15, 0.2) is 0 Å². The Morgan fingerprint density at radius 1 is 0.946 bits per heavy atom. The molecule has 37 heavy (non-hydrogen) atoms. The van der Waals surface area contributed by atoms with Gasteiger partial charge in [-0.15, -0.1) is 0 Å². The van der Waals surface area contributed by atoms with Gasteiger partial charge < -0.3 is 14.9 Å². The lowest BCUT2D eigenvalue weighted by Gasteiger charge is -2.38. The molecule has 0 saturated carbocycles. The molecule has 2 aliphatic heterocycles. The van der Waals surface area contributed by atoms with Crippen molar-refractivity contribution >= 4 is 23.4 Å². The quantitative estimate of drug-likeness (QED) is 0.525. The van der Waals surface area contributed by atoms with Gasteiger partial charge in [0, 0.05) is 51.4 Å². The van der Waals surface area contributed by atoms with Gasteiger partial charge in [-0.3, -0.25) is 24.3 Å². The summed E-state index contributed by atoms with van der Waals surface area (Å²) in [5.74, 6) is -0.538. The first-order valence-corrected chi connectivity index (χ1v) is 12.5. The van der Waals surface area contributed by atoms with E-state index in [-0.39, 0.29) is 42.9 Å². The van der Waals surface area contributed by atoms with Gasteiger partial charge in [0.1, 0.15) is 5.75 Å². The van der Waals surface area contributed by atoms with Crippen LogP contribution in [0.15, 0.2) is 73.1 Å². The number of aromatic hydroxyl groups is 1. The first kappa shape index (κ1) is 24.5. The first-order chi connectivity index (χ1) is 17.9. The van der Waals surface area contributed by atoms with E-state index in [0.29, 0.717) is 26.2 Å². The summed E-state index contributed by atoms with van der Waals surface area (Å²) in [5, 5.41) is 10.2. The Morgan fingerprint density at radius 2 is 1.62 bits per heavy atom. The van der Waals surface area contributed by atoms with E-state index in [1.54, 1.807) is 41.6 Å². The van der Waals surface area contributed by atoms with Crippen LogP contribution in [0.5, 0.6) is 5.75 Å². The fourth-order valence-electron chi connectivity index (χ4n) is 5.48. The number of carbonyl (C=O) groups excluding carboxylic acids is 3. The van der Waals surface area contributed by atoms with Gasteiger partial charge in [-0.1, -0.05) is 36.4 Å². The summed E-state index contributed by atoms with van der Waals surface area (Å²) in [6.07, 6.45) is 3.16. The van der Waals surface area contributed by atoms with Gasteiger partial charge in [0.25, 0.3) is 0 Å². The number of para-hydroxylation sites is 2. The largest absolute Gasteiger partial charge is 0.506 e. The minimum atomic E-state index is -1.23. The van der Waals surface area contributed by atoms with Crippen molar-refractivity contribution in [3.63, 3.8) is 0 Å². The zero-order chi connectivity index (χ0) is 26.0. The van der Waals surface area contributed by atoms with Gasteiger partial charge in [-0.25, -0.2) is 0 Å². The monoisotopic (exact) mass is 498 g/mol. The molecule has 3 aromatic rings. The maximum Gasteiger partial charge on any atom is 0.241 e. The zero-order valence-corrected chi connectivity index (χ0v) is 20.8. The van der Waals surface area contributed by atoms with Crippen molar-refractivity contribution in [3.8, 4) is 5.75 Å². The van der Waals surface area contributed by atoms with Crippen LogP contribution in [0.25, 0.3) is 0 Å². The molecule has 2 saturated heterocycles. The predicted octanol–water partition coefficient (Wildman–Crippen LogP) is 3.03. The summed E-state index contributed by atoms with van der Waals surface area (Å²) >= 11 is 0. The number of anilines is 1. The third-order valence-corrected chi connectivity index (χ3v) is 7.47. The average molecular weight is 499 g/mol. The van der Waals surface area contributed by atoms with E-state index in [2.05, 4.69) is 9.88 Å². The van der Waals surface area contributed by atoms with Crippen LogP contribution < -0.4 is 4.90 Å². The highest BCUT2D eigenvalue weighted by atomic mass is 16.3. The summed E-state index contributed by atoms with van der Waals surface area (Å²) in [6, 6.07) is 18.2. The highest BCUT2D eigenvalue weighted by molar-refractivity contribution is 6.10.